The first kappa shape index (κ1) is 10.9. The summed E-state index contributed by atoms with van der Waals surface area (Å²) >= 11 is 0. The Kier molecular flexibility index (Phi) is 4.03. The normalized spacial score (nSPS) is 9.07. The van der Waals surface area contributed by atoms with E-state index < -0.39 is 0 Å². The van der Waals surface area contributed by atoms with Gasteiger partial charge in [0.25, 0.3) is 0 Å². The van der Waals surface area contributed by atoms with E-state index in [1.54, 1.807) is 24.4 Å². The fourth-order valence-corrected chi connectivity index (χ4v) is 0.863. The summed E-state index contributed by atoms with van der Waals surface area (Å²) < 4.78 is 0. The van der Waals surface area contributed by atoms with Gasteiger partial charge in [-0.1, -0.05) is 12.6 Å². The Labute approximate surface area is 87.2 Å². The first-order chi connectivity index (χ1) is 7.22. The quantitative estimate of drug-likeness (QED) is 0.695. The molecule has 0 aliphatic heterocycles. The van der Waals surface area contributed by atoms with E-state index in [9.17, 15) is 9.59 Å². The molecule has 0 unspecified atom stereocenters. The molecule has 15 heavy (non-hydrogen) atoms. The summed E-state index contributed by atoms with van der Waals surface area (Å²) in [4.78, 5) is 25.9. The van der Waals surface area contributed by atoms with Crippen LogP contribution in [-0.2, 0) is 9.59 Å². The molecular weight excluding hydrogens is 194 g/mol. The zero-order valence-corrected chi connectivity index (χ0v) is 8.06. The molecule has 5 nitrogen and oxygen atoms in total. The van der Waals surface area contributed by atoms with Crippen LogP contribution >= 0.6 is 0 Å². The number of anilines is 1. The van der Waals surface area contributed by atoms with Crippen molar-refractivity contribution >= 4 is 17.6 Å². The summed E-state index contributed by atoms with van der Waals surface area (Å²) in [5.41, 5.74) is 0. The summed E-state index contributed by atoms with van der Waals surface area (Å²) in [6.45, 7) is 3.17. The summed E-state index contributed by atoms with van der Waals surface area (Å²) in [7, 11) is 0. The number of rotatable bonds is 4. The molecule has 1 aromatic heterocycles. The van der Waals surface area contributed by atoms with Gasteiger partial charge in [-0.05, 0) is 18.2 Å². The van der Waals surface area contributed by atoms with Gasteiger partial charge >= 0.3 is 0 Å². The van der Waals surface area contributed by atoms with E-state index in [1.807, 2.05) is 0 Å². The molecule has 0 atom stereocenters. The van der Waals surface area contributed by atoms with Crippen molar-refractivity contribution in [2.75, 3.05) is 11.9 Å². The van der Waals surface area contributed by atoms with E-state index in [-0.39, 0.29) is 18.4 Å². The third-order valence-electron chi connectivity index (χ3n) is 1.54. The minimum atomic E-state index is -0.383. The first-order valence-corrected chi connectivity index (χ1v) is 4.33. The molecule has 0 fully saturated rings. The molecule has 2 amide bonds. The Morgan fingerprint density at radius 1 is 1.47 bits per heavy atom. The molecule has 0 saturated carbocycles. The second-order valence-corrected chi connectivity index (χ2v) is 2.69. The van der Waals surface area contributed by atoms with Gasteiger partial charge in [0, 0.05) is 6.20 Å². The maximum Gasteiger partial charge on any atom is 0.244 e. The van der Waals surface area contributed by atoms with Gasteiger partial charge in [0.2, 0.25) is 11.8 Å². The zero-order valence-electron chi connectivity index (χ0n) is 8.06. The molecule has 78 valence electrons. The number of amides is 2. The number of nitrogens with one attached hydrogen (secondary N) is 2. The largest absolute Gasteiger partial charge is 0.343 e. The second kappa shape index (κ2) is 5.54. The van der Waals surface area contributed by atoms with Crippen LogP contribution < -0.4 is 10.6 Å². The predicted octanol–water partition coefficient (Wildman–Crippen LogP) is 0.322. The number of pyridine rings is 1. The average Bonchev–Trinajstić information content (AvgIpc) is 2.27. The summed E-state index contributed by atoms with van der Waals surface area (Å²) in [5.74, 6) is -0.259. The van der Waals surface area contributed by atoms with E-state index in [4.69, 9.17) is 0 Å². The Balaban J connectivity index is 2.37. The molecule has 1 heterocycles. The summed E-state index contributed by atoms with van der Waals surface area (Å²) in [5, 5.41) is 4.88. The molecule has 2 N–H and O–H groups in total. The number of aromatic nitrogens is 1. The number of hydrogen-bond donors (Lipinski definition) is 2. The fraction of sp³-hybridized carbons (Fsp3) is 0.100. The first-order valence-electron chi connectivity index (χ1n) is 4.33. The molecule has 1 rings (SSSR count). The SMILES string of the molecule is C=CC(=O)NCC(=O)Nc1ccccn1. The Morgan fingerprint density at radius 3 is 2.87 bits per heavy atom. The van der Waals surface area contributed by atoms with Crippen molar-refractivity contribution in [2.24, 2.45) is 0 Å². The minimum absolute atomic E-state index is 0.0958. The number of nitrogens with zero attached hydrogens (tertiary/aromatic N) is 1. The van der Waals surface area contributed by atoms with Crippen LogP contribution in [0.2, 0.25) is 0 Å². The fourth-order valence-electron chi connectivity index (χ4n) is 0.863. The van der Waals surface area contributed by atoms with Crippen molar-refractivity contribution in [3.05, 3.63) is 37.1 Å². The molecule has 0 spiro atoms. The van der Waals surface area contributed by atoms with E-state index in [0.29, 0.717) is 5.82 Å². The topological polar surface area (TPSA) is 71.1 Å². The Morgan fingerprint density at radius 2 is 2.27 bits per heavy atom. The molecule has 0 bridgehead atoms. The van der Waals surface area contributed by atoms with Crippen LogP contribution in [0.5, 0.6) is 0 Å². The van der Waals surface area contributed by atoms with Gasteiger partial charge in [0.1, 0.15) is 5.82 Å². The third kappa shape index (κ3) is 4.04. The second-order valence-electron chi connectivity index (χ2n) is 2.69. The number of carbonyl (C=O) groups excluding carboxylic acids is 2. The predicted molar refractivity (Wildman–Crippen MR) is 56.1 cm³/mol. The highest BCUT2D eigenvalue weighted by atomic mass is 16.2. The van der Waals surface area contributed by atoms with Crippen molar-refractivity contribution in [3.8, 4) is 0 Å². The third-order valence-corrected chi connectivity index (χ3v) is 1.54. The van der Waals surface area contributed by atoms with Gasteiger partial charge in [-0.2, -0.15) is 0 Å². The number of carbonyl (C=O) groups is 2. The molecular formula is C10H11N3O2. The van der Waals surface area contributed by atoms with Crippen LogP contribution in [0.4, 0.5) is 5.82 Å². The maximum atomic E-state index is 11.2. The summed E-state index contributed by atoms with van der Waals surface area (Å²) in [6.07, 6.45) is 2.67. The van der Waals surface area contributed by atoms with E-state index >= 15 is 0 Å². The van der Waals surface area contributed by atoms with Crippen LogP contribution in [0, 0.1) is 0 Å². The van der Waals surface area contributed by atoms with Crippen molar-refractivity contribution in [2.45, 2.75) is 0 Å². The van der Waals surface area contributed by atoms with Crippen LogP contribution in [0.25, 0.3) is 0 Å². The average molecular weight is 205 g/mol. The van der Waals surface area contributed by atoms with Crippen LogP contribution in [0.15, 0.2) is 37.1 Å². The van der Waals surface area contributed by atoms with Crippen LogP contribution in [-0.4, -0.2) is 23.3 Å². The molecule has 0 radical (unpaired) electrons. The smallest absolute Gasteiger partial charge is 0.244 e. The lowest BCUT2D eigenvalue weighted by molar-refractivity contribution is -0.121. The molecule has 0 aliphatic rings. The maximum absolute atomic E-state index is 11.2. The standard InChI is InChI=1S/C10H11N3O2/c1-2-9(14)12-7-10(15)13-8-5-3-4-6-11-8/h2-6H,1,7H2,(H,12,14)(H,11,13,15). The van der Waals surface area contributed by atoms with Crippen molar-refractivity contribution in [3.63, 3.8) is 0 Å². The lowest BCUT2D eigenvalue weighted by atomic mass is 10.4. The highest BCUT2D eigenvalue weighted by molar-refractivity contribution is 5.95. The van der Waals surface area contributed by atoms with Gasteiger partial charge in [0.15, 0.2) is 0 Å². The van der Waals surface area contributed by atoms with Crippen LogP contribution in [0.3, 0.4) is 0 Å². The van der Waals surface area contributed by atoms with Crippen LogP contribution in [0.1, 0.15) is 0 Å². The molecule has 0 aliphatic carbocycles. The van der Waals surface area contributed by atoms with Gasteiger partial charge in [-0.25, -0.2) is 4.98 Å². The summed E-state index contributed by atoms with van der Waals surface area (Å²) in [6, 6.07) is 5.16. The highest BCUT2D eigenvalue weighted by Gasteiger charge is 2.03. The van der Waals surface area contributed by atoms with E-state index in [1.165, 1.54) is 0 Å². The zero-order chi connectivity index (χ0) is 11.1. The Hall–Kier alpha value is -2.17. The van der Waals surface area contributed by atoms with Gasteiger partial charge in [-0.15, -0.1) is 0 Å². The lowest BCUT2D eigenvalue weighted by Gasteiger charge is -2.03. The van der Waals surface area contributed by atoms with Crippen molar-refractivity contribution < 1.29 is 9.59 Å². The van der Waals surface area contributed by atoms with Gasteiger partial charge in [0.05, 0.1) is 6.54 Å². The molecule has 0 aromatic carbocycles. The van der Waals surface area contributed by atoms with Gasteiger partial charge in [-0.3, -0.25) is 9.59 Å². The van der Waals surface area contributed by atoms with Crippen molar-refractivity contribution in [1.29, 1.82) is 0 Å². The van der Waals surface area contributed by atoms with Crippen molar-refractivity contribution in [1.82, 2.24) is 10.3 Å². The molecule has 0 saturated heterocycles. The highest BCUT2D eigenvalue weighted by Crippen LogP contribution is 1.98. The lowest BCUT2D eigenvalue weighted by Crippen LogP contribution is -2.31. The van der Waals surface area contributed by atoms with Gasteiger partial charge < -0.3 is 10.6 Å². The molecule has 1 aromatic rings. The minimum Gasteiger partial charge on any atom is -0.343 e. The Bertz CT molecular complexity index is 362. The van der Waals surface area contributed by atoms with E-state index in [2.05, 4.69) is 22.2 Å². The molecule has 5 heteroatoms. The number of hydrogen-bond acceptors (Lipinski definition) is 3. The van der Waals surface area contributed by atoms with E-state index in [0.717, 1.165) is 6.08 Å². The monoisotopic (exact) mass is 205 g/mol.